The van der Waals surface area contributed by atoms with Crippen LogP contribution in [0.25, 0.3) is 0 Å². The summed E-state index contributed by atoms with van der Waals surface area (Å²) < 4.78 is 2.15. The van der Waals surface area contributed by atoms with E-state index in [1.54, 1.807) is 0 Å². The van der Waals surface area contributed by atoms with E-state index in [1.165, 1.54) is 5.69 Å². The van der Waals surface area contributed by atoms with Crippen LogP contribution in [0.15, 0.2) is 23.3 Å². The minimum atomic E-state index is 0.124. The number of allylic oxidation sites excluding steroid dienone is 1. The van der Waals surface area contributed by atoms with Crippen LogP contribution in [0.3, 0.4) is 0 Å². The summed E-state index contributed by atoms with van der Waals surface area (Å²) in [6.45, 7) is 7.48. The van der Waals surface area contributed by atoms with Gasteiger partial charge in [0.2, 0.25) is 0 Å². The first kappa shape index (κ1) is 11.1. The van der Waals surface area contributed by atoms with Crippen molar-refractivity contribution in [3.63, 3.8) is 0 Å². The first-order valence-electron chi connectivity index (χ1n) is 5.73. The molecule has 2 heterocycles. The Balaban J connectivity index is 2.41. The van der Waals surface area contributed by atoms with Gasteiger partial charge >= 0.3 is 0 Å². The molecule has 0 aliphatic carbocycles. The summed E-state index contributed by atoms with van der Waals surface area (Å²) in [6, 6.07) is 0. The predicted octanol–water partition coefficient (Wildman–Crippen LogP) is 2.47. The van der Waals surface area contributed by atoms with Crippen molar-refractivity contribution >= 4 is 5.71 Å². The topological polar surface area (TPSA) is 30.2 Å². The highest BCUT2D eigenvalue weighted by Crippen LogP contribution is 2.22. The van der Waals surface area contributed by atoms with E-state index in [0.29, 0.717) is 0 Å². The molecule has 0 fully saturated rings. The predicted molar refractivity (Wildman–Crippen MR) is 67.1 cm³/mol. The van der Waals surface area contributed by atoms with Crippen molar-refractivity contribution in [2.75, 3.05) is 6.54 Å². The molecule has 1 aromatic heterocycles. The minimum absolute atomic E-state index is 0.124. The van der Waals surface area contributed by atoms with Gasteiger partial charge in [-0.15, -0.1) is 0 Å². The van der Waals surface area contributed by atoms with Gasteiger partial charge in [-0.05, 0) is 12.5 Å². The number of rotatable bonds is 1. The summed E-state index contributed by atoms with van der Waals surface area (Å²) in [5.74, 6) is 0.973. The number of aliphatic imine (C=N–C) groups is 1. The van der Waals surface area contributed by atoms with Gasteiger partial charge in [0.15, 0.2) is 5.82 Å². The Hall–Kier alpha value is -1.38. The van der Waals surface area contributed by atoms with E-state index < -0.39 is 0 Å². The molecule has 0 N–H and O–H groups in total. The van der Waals surface area contributed by atoms with Gasteiger partial charge in [-0.1, -0.05) is 26.8 Å². The van der Waals surface area contributed by atoms with Crippen molar-refractivity contribution < 1.29 is 0 Å². The zero-order valence-electron chi connectivity index (χ0n) is 10.5. The molecule has 3 nitrogen and oxygen atoms in total. The Morgan fingerprint density at radius 3 is 2.56 bits per heavy atom. The van der Waals surface area contributed by atoms with Crippen molar-refractivity contribution in [1.29, 1.82) is 0 Å². The summed E-state index contributed by atoms with van der Waals surface area (Å²) in [6.07, 6.45) is 7.23. The highest BCUT2D eigenvalue weighted by atomic mass is 15.1. The van der Waals surface area contributed by atoms with Crippen molar-refractivity contribution in [3.8, 4) is 0 Å². The average molecular weight is 217 g/mol. The molecule has 0 radical (unpaired) electrons. The van der Waals surface area contributed by atoms with Gasteiger partial charge in [-0.25, -0.2) is 4.98 Å². The van der Waals surface area contributed by atoms with Crippen LogP contribution in [-0.2, 0) is 12.5 Å². The molecule has 0 atom stereocenters. The number of hydrogen-bond acceptors (Lipinski definition) is 2. The lowest BCUT2D eigenvalue weighted by Crippen LogP contribution is -2.18. The largest absolute Gasteiger partial charge is 0.329 e. The average Bonchev–Trinajstić information content (AvgIpc) is 2.61. The molecular weight excluding hydrogens is 198 g/mol. The molecule has 0 spiro atoms. The van der Waals surface area contributed by atoms with Crippen LogP contribution in [-0.4, -0.2) is 21.8 Å². The van der Waals surface area contributed by atoms with Gasteiger partial charge < -0.3 is 4.57 Å². The Morgan fingerprint density at radius 1 is 1.31 bits per heavy atom. The molecule has 0 amide bonds. The second kappa shape index (κ2) is 3.89. The first-order chi connectivity index (χ1) is 7.50. The van der Waals surface area contributed by atoms with Gasteiger partial charge in [-0.2, -0.15) is 0 Å². The highest BCUT2D eigenvalue weighted by molar-refractivity contribution is 6.06. The number of aromatic nitrogens is 2. The fourth-order valence-electron chi connectivity index (χ4n) is 2.00. The molecule has 1 aliphatic rings. The summed E-state index contributed by atoms with van der Waals surface area (Å²) in [5.41, 5.74) is 2.37. The van der Waals surface area contributed by atoms with E-state index in [2.05, 4.69) is 54.5 Å². The Kier molecular flexibility index (Phi) is 2.70. The van der Waals surface area contributed by atoms with E-state index >= 15 is 0 Å². The minimum Gasteiger partial charge on any atom is -0.329 e. The maximum Gasteiger partial charge on any atom is 0.158 e. The van der Waals surface area contributed by atoms with Crippen molar-refractivity contribution in [2.24, 2.45) is 12.0 Å². The monoisotopic (exact) mass is 217 g/mol. The third-order valence-corrected chi connectivity index (χ3v) is 2.84. The molecule has 1 aromatic rings. The van der Waals surface area contributed by atoms with E-state index in [1.807, 2.05) is 6.20 Å². The van der Waals surface area contributed by atoms with Crippen LogP contribution in [0.1, 0.15) is 38.7 Å². The van der Waals surface area contributed by atoms with Gasteiger partial charge in [0.25, 0.3) is 0 Å². The smallest absolute Gasteiger partial charge is 0.158 e. The van der Waals surface area contributed by atoms with E-state index in [9.17, 15) is 0 Å². The van der Waals surface area contributed by atoms with Crippen LogP contribution < -0.4 is 0 Å². The third kappa shape index (κ3) is 1.94. The fourth-order valence-corrected chi connectivity index (χ4v) is 2.00. The molecule has 1 aliphatic heterocycles. The molecule has 0 saturated heterocycles. The van der Waals surface area contributed by atoms with Crippen LogP contribution in [0.4, 0.5) is 0 Å². The molecule has 3 heteroatoms. The lowest BCUT2D eigenvalue weighted by Gasteiger charge is -2.19. The maximum atomic E-state index is 4.50. The number of imidazole rings is 1. The van der Waals surface area contributed by atoms with Crippen LogP contribution in [0.5, 0.6) is 0 Å². The lowest BCUT2D eigenvalue weighted by atomic mass is 9.93. The van der Waals surface area contributed by atoms with E-state index in [4.69, 9.17) is 0 Å². The number of hydrogen-bond donors (Lipinski definition) is 0. The second-order valence-electron chi connectivity index (χ2n) is 5.23. The first-order valence-corrected chi connectivity index (χ1v) is 5.73. The van der Waals surface area contributed by atoms with Gasteiger partial charge in [-0.3, -0.25) is 4.99 Å². The molecule has 0 bridgehead atoms. The molecule has 2 rings (SSSR count). The van der Waals surface area contributed by atoms with Crippen LogP contribution in [0.2, 0.25) is 0 Å². The molecular formula is C13H19N3. The summed E-state index contributed by atoms with van der Waals surface area (Å²) in [5, 5.41) is 0. The zero-order chi connectivity index (χ0) is 11.8. The van der Waals surface area contributed by atoms with E-state index in [0.717, 1.165) is 24.5 Å². The number of dihydropyridines is 1. The Labute approximate surface area is 96.9 Å². The van der Waals surface area contributed by atoms with Gasteiger partial charge in [0, 0.05) is 30.9 Å². The molecule has 0 unspecified atom stereocenters. The van der Waals surface area contributed by atoms with Gasteiger partial charge in [0.1, 0.15) is 0 Å². The third-order valence-electron chi connectivity index (χ3n) is 2.84. The SMILES string of the molecule is Cn1c(C(C)(C)C)cnc1C1=NCCC=C1. The standard InChI is InChI=1S/C13H19N3/c1-13(2,3)11-9-15-12(16(11)4)10-7-5-6-8-14-10/h5,7,9H,6,8H2,1-4H3. The fraction of sp³-hybridized carbons (Fsp3) is 0.538. The molecule has 0 saturated carbocycles. The normalized spacial score (nSPS) is 16.4. The molecule has 16 heavy (non-hydrogen) atoms. The number of nitrogens with zero attached hydrogens (tertiary/aromatic N) is 3. The zero-order valence-corrected chi connectivity index (χ0v) is 10.5. The van der Waals surface area contributed by atoms with Crippen LogP contribution >= 0.6 is 0 Å². The van der Waals surface area contributed by atoms with Crippen molar-refractivity contribution in [2.45, 2.75) is 32.6 Å². The lowest BCUT2D eigenvalue weighted by molar-refractivity contribution is 0.542. The maximum absolute atomic E-state index is 4.50. The van der Waals surface area contributed by atoms with E-state index in [-0.39, 0.29) is 5.41 Å². The highest BCUT2D eigenvalue weighted by Gasteiger charge is 2.21. The summed E-state index contributed by atoms with van der Waals surface area (Å²) >= 11 is 0. The summed E-state index contributed by atoms with van der Waals surface area (Å²) in [7, 11) is 2.06. The Morgan fingerprint density at radius 2 is 2.06 bits per heavy atom. The molecule has 86 valence electrons. The van der Waals surface area contributed by atoms with Crippen molar-refractivity contribution in [1.82, 2.24) is 9.55 Å². The van der Waals surface area contributed by atoms with Crippen molar-refractivity contribution in [3.05, 3.63) is 29.9 Å². The quantitative estimate of drug-likeness (QED) is 0.710. The second-order valence-corrected chi connectivity index (χ2v) is 5.23. The van der Waals surface area contributed by atoms with Gasteiger partial charge in [0.05, 0.1) is 5.71 Å². The Bertz CT molecular complexity index is 444. The summed E-state index contributed by atoms with van der Waals surface area (Å²) in [4.78, 5) is 8.99. The molecule has 0 aromatic carbocycles. The van der Waals surface area contributed by atoms with Crippen LogP contribution in [0, 0.1) is 0 Å².